The molecule has 400 valence electrons. The second-order valence-electron chi connectivity index (χ2n) is 21.0. The van der Waals surface area contributed by atoms with Crippen LogP contribution in [-0.2, 0) is 18.4 Å². The number of hydrogen-bond acceptors (Lipinski definition) is 6. The summed E-state index contributed by atoms with van der Waals surface area (Å²) in [6.07, 6.45) is 65.8. The van der Waals surface area contributed by atoms with Gasteiger partial charge in [-0.15, -0.1) is 0 Å². The molecular formula is C59H113N2O6P. The highest BCUT2D eigenvalue weighted by molar-refractivity contribution is 7.45. The number of amides is 1. The third-order valence-electron chi connectivity index (χ3n) is 13.1. The summed E-state index contributed by atoms with van der Waals surface area (Å²) in [5.41, 5.74) is 0. The largest absolute Gasteiger partial charge is 0.756 e. The maximum atomic E-state index is 13.0. The smallest absolute Gasteiger partial charge is 0.268 e. The monoisotopic (exact) mass is 977 g/mol. The molecule has 0 aromatic rings. The van der Waals surface area contributed by atoms with Gasteiger partial charge in [-0.05, 0) is 51.4 Å². The summed E-state index contributed by atoms with van der Waals surface area (Å²) >= 11 is 0. The lowest BCUT2D eigenvalue weighted by Gasteiger charge is -2.30. The van der Waals surface area contributed by atoms with Crippen molar-refractivity contribution in [1.82, 2.24) is 5.32 Å². The first-order chi connectivity index (χ1) is 33.0. The zero-order valence-corrected chi connectivity index (χ0v) is 46.5. The van der Waals surface area contributed by atoms with Gasteiger partial charge in [0.2, 0.25) is 5.91 Å². The molecule has 0 fully saturated rings. The zero-order chi connectivity index (χ0) is 49.9. The van der Waals surface area contributed by atoms with Gasteiger partial charge >= 0.3 is 0 Å². The minimum atomic E-state index is -4.58. The fraction of sp³-hybridized carbons (Fsp3) is 0.847. The fourth-order valence-electron chi connectivity index (χ4n) is 8.56. The number of nitrogens with one attached hydrogen (secondary N) is 1. The number of rotatable bonds is 53. The number of carbonyl (C=O) groups excluding carboxylic acids is 1. The highest BCUT2D eigenvalue weighted by Gasteiger charge is 2.24. The number of aliphatic hydroxyl groups excluding tert-OH is 1. The van der Waals surface area contributed by atoms with Crippen LogP contribution in [0, 0.1) is 0 Å². The predicted molar refractivity (Wildman–Crippen MR) is 293 cm³/mol. The second kappa shape index (κ2) is 50.4. The third kappa shape index (κ3) is 52.3. The van der Waals surface area contributed by atoms with E-state index in [0.717, 1.165) is 77.0 Å². The molecule has 0 aliphatic rings. The van der Waals surface area contributed by atoms with Crippen molar-refractivity contribution in [1.29, 1.82) is 0 Å². The first-order valence-electron chi connectivity index (χ1n) is 29.0. The SMILES string of the molecule is CC/C=C\C/C=C\C/C=C\C/C=C\CCCCCCCCC(=O)NC(COP(=O)([O-])OCC[N+](C)(C)C)C(O)CCCCCCCCCCCCCCCCCCCCCCCCCCCCC. The van der Waals surface area contributed by atoms with E-state index in [2.05, 4.69) is 67.8 Å². The first-order valence-corrected chi connectivity index (χ1v) is 30.4. The summed E-state index contributed by atoms with van der Waals surface area (Å²) in [4.78, 5) is 25.5. The summed E-state index contributed by atoms with van der Waals surface area (Å²) in [6, 6.07) is -0.811. The lowest BCUT2D eigenvalue weighted by molar-refractivity contribution is -0.870. The van der Waals surface area contributed by atoms with Crippen LogP contribution in [0.3, 0.4) is 0 Å². The number of phosphoric acid groups is 1. The lowest BCUT2D eigenvalue weighted by atomic mass is 10.0. The third-order valence-corrected chi connectivity index (χ3v) is 14.0. The zero-order valence-electron chi connectivity index (χ0n) is 45.6. The lowest BCUT2D eigenvalue weighted by Crippen LogP contribution is -2.46. The number of hydrogen-bond donors (Lipinski definition) is 2. The molecule has 0 bridgehead atoms. The van der Waals surface area contributed by atoms with Crippen LogP contribution in [0.15, 0.2) is 48.6 Å². The van der Waals surface area contributed by atoms with E-state index in [1.807, 2.05) is 21.1 Å². The molecule has 8 nitrogen and oxygen atoms in total. The molecule has 1 amide bonds. The Morgan fingerprint density at radius 1 is 0.529 bits per heavy atom. The van der Waals surface area contributed by atoms with Crippen LogP contribution in [0.4, 0.5) is 0 Å². The Morgan fingerprint density at radius 3 is 1.31 bits per heavy atom. The van der Waals surface area contributed by atoms with Crippen LogP contribution in [0.1, 0.15) is 271 Å². The number of phosphoric ester groups is 1. The summed E-state index contributed by atoms with van der Waals surface area (Å²) in [5, 5.41) is 14.0. The molecule has 3 atom stereocenters. The Hall–Kier alpha value is -1.54. The van der Waals surface area contributed by atoms with Crippen molar-refractivity contribution in [3.05, 3.63) is 48.6 Å². The van der Waals surface area contributed by atoms with Crippen molar-refractivity contribution in [3.63, 3.8) is 0 Å². The van der Waals surface area contributed by atoms with E-state index in [1.54, 1.807) is 0 Å². The van der Waals surface area contributed by atoms with Crippen molar-refractivity contribution in [2.45, 2.75) is 283 Å². The Kier molecular flexibility index (Phi) is 49.3. The molecule has 0 aromatic heterocycles. The van der Waals surface area contributed by atoms with Gasteiger partial charge in [-0.2, -0.15) is 0 Å². The highest BCUT2D eigenvalue weighted by Crippen LogP contribution is 2.38. The van der Waals surface area contributed by atoms with Crippen LogP contribution in [0.5, 0.6) is 0 Å². The molecule has 0 aliphatic heterocycles. The maximum absolute atomic E-state index is 13.0. The molecule has 0 radical (unpaired) electrons. The van der Waals surface area contributed by atoms with Crippen molar-refractivity contribution in [2.24, 2.45) is 0 Å². The number of aliphatic hydroxyl groups is 1. The standard InChI is InChI=1S/C59H113N2O6P/c1-6-8-10-12-14-16-18-20-22-24-26-27-28-29-30-31-32-33-35-36-38-40-42-44-46-48-50-52-58(62)57(56-67-68(64,65)66-55-54-61(3,4)5)60-59(63)53-51-49-47-45-43-41-39-37-34-25-23-21-19-17-15-13-11-9-7-2/h9,11,15,17,21,23,34,37,57-58,62H,6-8,10,12-14,16,18-20,22,24-33,35-36,38-56H2,1-5H3,(H-,60,63,64,65)/b11-9-,17-15-,23-21-,37-34-. The van der Waals surface area contributed by atoms with Gasteiger partial charge in [0.05, 0.1) is 39.9 Å². The maximum Gasteiger partial charge on any atom is 0.268 e. The van der Waals surface area contributed by atoms with Crippen LogP contribution in [0.25, 0.3) is 0 Å². The van der Waals surface area contributed by atoms with E-state index in [1.165, 1.54) is 167 Å². The summed E-state index contributed by atoms with van der Waals surface area (Å²) in [7, 11) is 1.30. The minimum absolute atomic E-state index is 0.00784. The molecule has 3 unspecified atom stereocenters. The number of nitrogens with zero attached hydrogens (tertiary/aromatic N) is 1. The fourth-order valence-corrected chi connectivity index (χ4v) is 9.29. The van der Waals surface area contributed by atoms with Crippen LogP contribution < -0.4 is 10.2 Å². The van der Waals surface area contributed by atoms with Crippen LogP contribution in [0.2, 0.25) is 0 Å². The van der Waals surface area contributed by atoms with Gasteiger partial charge in [0.15, 0.2) is 0 Å². The highest BCUT2D eigenvalue weighted by atomic mass is 31.2. The first kappa shape index (κ1) is 66.5. The molecule has 0 spiro atoms. The van der Waals surface area contributed by atoms with E-state index in [-0.39, 0.29) is 19.1 Å². The summed E-state index contributed by atoms with van der Waals surface area (Å²) in [6.45, 7) is 4.62. The molecule has 0 aliphatic carbocycles. The van der Waals surface area contributed by atoms with Crippen LogP contribution in [-0.4, -0.2) is 68.5 Å². The number of carbonyl (C=O) groups is 1. The van der Waals surface area contributed by atoms with E-state index in [0.29, 0.717) is 23.9 Å². The Labute approximate surface area is 422 Å². The Bertz CT molecular complexity index is 1250. The molecule has 9 heteroatoms. The van der Waals surface area contributed by atoms with Crippen molar-refractivity contribution < 1.29 is 32.9 Å². The molecular weight excluding hydrogens is 864 g/mol. The van der Waals surface area contributed by atoms with Gasteiger partial charge in [-0.3, -0.25) is 9.36 Å². The average Bonchev–Trinajstić information content (AvgIpc) is 3.30. The van der Waals surface area contributed by atoms with E-state index < -0.39 is 20.0 Å². The van der Waals surface area contributed by atoms with Gasteiger partial charge in [0.25, 0.3) is 7.82 Å². The molecule has 2 N–H and O–H groups in total. The minimum Gasteiger partial charge on any atom is -0.756 e. The van der Waals surface area contributed by atoms with Gasteiger partial charge < -0.3 is 28.8 Å². The van der Waals surface area contributed by atoms with Gasteiger partial charge in [-0.25, -0.2) is 0 Å². The quantitative estimate of drug-likeness (QED) is 0.0272. The number of allylic oxidation sites excluding steroid dienone is 8. The second-order valence-corrected chi connectivity index (χ2v) is 22.4. The predicted octanol–water partition coefficient (Wildman–Crippen LogP) is 16.9. The molecule has 0 saturated heterocycles. The van der Waals surface area contributed by atoms with E-state index in [4.69, 9.17) is 9.05 Å². The Balaban J connectivity index is 4.15. The number of unbranched alkanes of at least 4 members (excludes halogenated alkanes) is 32. The molecule has 0 saturated carbocycles. The number of quaternary nitrogens is 1. The molecule has 68 heavy (non-hydrogen) atoms. The summed E-state index contributed by atoms with van der Waals surface area (Å²) < 4.78 is 23.4. The van der Waals surface area contributed by atoms with Gasteiger partial charge in [-0.1, -0.05) is 262 Å². The van der Waals surface area contributed by atoms with E-state index in [9.17, 15) is 19.4 Å². The van der Waals surface area contributed by atoms with Crippen LogP contribution >= 0.6 is 7.82 Å². The topological polar surface area (TPSA) is 108 Å². The summed E-state index contributed by atoms with van der Waals surface area (Å²) in [5.74, 6) is -0.177. The Morgan fingerprint density at radius 2 is 0.897 bits per heavy atom. The van der Waals surface area contributed by atoms with Crippen molar-refractivity contribution in [3.8, 4) is 0 Å². The van der Waals surface area contributed by atoms with Gasteiger partial charge in [0, 0.05) is 6.42 Å². The average molecular weight is 978 g/mol. The number of likely N-dealkylation sites (N-methyl/N-ethyl adjacent to an activating group) is 1. The van der Waals surface area contributed by atoms with E-state index >= 15 is 0 Å². The normalized spacial score (nSPS) is 14.3. The van der Waals surface area contributed by atoms with Crippen molar-refractivity contribution >= 4 is 13.7 Å². The molecule has 0 heterocycles. The molecule has 0 aromatic carbocycles. The van der Waals surface area contributed by atoms with Gasteiger partial charge in [0.1, 0.15) is 13.2 Å². The molecule has 0 rings (SSSR count). The van der Waals surface area contributed by atoms with Crippen molar-refractivity contribution in [2.75, 3.05) is 40.9 Å².